The summed E-state index contributed by atoms with van der Waals surface area (Å²) in [5.41, 5.74) is 0.671. The normalized spacial score (nSPS) is 52.5. The van der Waals surface area contributed by atoms with Gasteiger partial charge in [-0.05, 0) is 100 Å². The summed E-state index contributed by atoms with van der Waals surface area (Å²) in [7, 11) is 0. The molecule has 6 unspecified atom stereocenters. The van der Waals surface area contributed by atoms with Crippen molar-refractivity contribution in [1.82, 2.24) is 0 Å². The fourth-order valence-corrected chi connectivity index (χ4v) is 9.72. The van der Waals surface area contributed by atoms with Crippen LogP contribution in [0.1, 0.15) is 85.0 Å². The number of ether oxygens (including phenoxy) is 2. The first kappa shape index (κ1) is 21.2. The van der Waals surface area contributed by atoms with Gasteiger partial charge in [0, 0.05) is 23.3 Å². The Balaban J connectivity index is 1.22. The summed E-state index contributed by atoms with van der Waals surface area (Å²) in [6.45, 7) is 10.3. The van der Waals surface area contributed by atoms with E-state index in [4.69, 9.17) is 9.47 Å². The second-order valence-corrected chi connectivity index (χ2v) is 13.2. The lowest BCUT2D eigenvalue weighted by atomic mass is 9.42. The van der Waals surface area contributed by atoms with Crippen molar-refractivity contribution >= 4 is 11.9 Å². The molecule has 0 aromatic carbocycles. The molecule has 6 atom stereocenters. The van der Waals surface area contributed by atoms with Crippen LogP contribution >= 0.6 is 0 Å². The fourth-order valence-electron chi connectivity index (χ4n) is 9.72. The van der Waals surface area contributed by atoms with E-state index >= 15 is 0 Å². The zero-order valence-electron chi connectivity index (χ0n) is 20.1. The summed E-state index contributed by atoms with van der Waals surface area (Å²) in [5.74, 6) is 4.50. The van der Waals surface area contributed by atoms with Crippen LogP contribution < -0.4 is 0 Å². The van der Waals surface area contributed by atoms with Crippen molar-refractivity contribution in [2.45, 2.75) is 96.7 Å². The molecule has 0 aromatic heterocycles. The lowest BCUT2D eigenvalue weighted by molar-refractivity contribution is -0.253. The number of hydrogen-bond donors (Lipinski definition) is 0. The molecule has 4 nitrogen and oxygen atoms in total. The molecule has 0 aliphatic heterocycles. The van der Waals surface area contributed by atoms with E-state index in [1.54, 1.807) is 6.92 Å². The van der Waals surface area contributed by atoms with Crippen LogP contribution in [0.25, 0.3) is 0 Å². The van der Waals surface area contributed by atoms with E-state index in [1.165, 1.54) is 51.4 Å². The molecule has 0 saturated heterocycles. The summed E-state index contributed by atoms with van der Waals surface area (Å²) in [6.07, 6.45) is 11.4. The van der Waals surface area contributed by atoms with Crippen LogP contribution in [0.15, 0.2) is 12.2 Å². The number of carbonyl (C=O) groups is 2. The number of esters is 2. The van der Waals surface area contributed by atoms with Gasteiger partial charge in [0.2, 0.25) is 0 Å². The van der Waals surface area contributed by atoms with Crippen LogP contribution in [-0.2, 0) is 19.1 Å². The highest BCUT2D eigenvalue weighted by molar-refractivity contribution is 5.87. The third kappa shape index (κ3) is 3.06. The van der Waals surface area contributed by atoms with Gasteiger partial charge in [0.05, 0.1) is 5.92 Å². The minimum absolute atomic E-state index is 0.000993. The van der Waals surface area contributed by atoms with Gasteiger partial charge in [0.1, 0.15) is 11.7 Å². The van der Waals surface area contributed by atoms with Crippen molar-refractivity contribution in [1.29, 1.82) is 0 Å². The van der Waals surface area contributed by atoms with Crippen molar-refractivity contribution in [2.75, 3.05) is 0 Å². The summed E-state index contributed by atoms with van der Waals surface area (Å²) < 4.78 is 12.3. The molecular weight excluding hydrogens is 400 g/mol. The van der Waals surface area contributed by atoms with E-state index in [0.717, 1.165) is 23.7 Å². The van der Waals surface area contributed by atoms with E-state index in [1.807, 2.05) is 0 Å². The number of rotatable bonds is 5. The van der Waals surface area contributed by atoms with Crippen LogP contribution in [0.3, 0.4) is 0 Å². The molecule has 6 bridgehead atoms. The Morgan fingerprint density at radius 2 is 1.59 bits per heavy atom. The monoisotopic (exact) mass is 440 g/mol. The molecular formula is C28H40O4. The van der Waals surface area contributed by atoms with Crippen molar-refractivity contribution < 1.29 is 19.1 Å². The molecule has 0 N–H and O–H groups in total. The maximum Gasteiger partial charge on any atom is 0.333 e. The van der Waals surface area contributed by atoms with E-state index in [2.05, 4.69) is 20.4 Å². The van der Waals surface area contributed by atoms with Gasteiger partial charge in [-0.15, -0.1) is 0 Å². The summed E-state index contributed by atoms with van der Waals surface area (Å²) in [6, 6.07) is 0. The minimum Gasteiger partial charge on any atom is -0.459 e. The molecule has 176 valence electrons. The summed E-state index contributed by atoms with van der Waals surface area (Å²) in [5, 5.41) is 0. The van der Waals surface area contributed by atoms with Gasteiger partial charge in [-0.25, -0.2) is 4.79 Å². The Hall–Kier alpha value is -1.32. The Morgan fingerprint density at radius 1 is 0.906 bits per heavy atom. The van der Waals surface area contributed by atoms with E-state index in [-0.39, 0.29) is 29.6 Å². The predicted molar refractivity (Wildman–Crippen MR) is 121 cm³/mol. The van der Waals surface area contributed by atoms with Gasteiger partial charge in [-0.3, -0.25) is 4.79 Å². The topological polar surface area (TPSA) is 52.6 Å². The summed E-state index contributed by atoms with van der Waals surface area (Å²) in [4.78, 5) is 25.3. The first-order chi connectivity index (χ1) is 15.2. The van der Waals surface area contributed by atoms with Crippen molar-refractivity contribution in [3.05, 3.63) is 12.2 Å². The van der Waals surface area contributed by atoms with Gasteiger partial charge < -0.3 is 9.47 Å². The first-order valence-corrected chi connectivity index (χ1v) is 13.3. The zero-order chi connectivity index (χ0) is 22.4. The van der Waals surface area contributed by atoms with Gasteiger partial charge in [0.15, 0.2) is 0 Å². The van der Waals surface area contributed by atoms with Crippen molar-refractivity contribution in [3.63, 3.8) is 0 Å². The molecule has 7 aliphatic rings. The third-order valence-corrected chi connectivity index (χ3v) is 10.9. The maximum atomic E-state index is 13.5. The largest absolute Gasteiger partial charge is 0.459 e. The van der Waals surface area contributed by atoms with Crippen molar-refractivity contribution in [3.8, 4) is 0 Å². The number of carbonyl (C=O) groups excluding carboxylic acids is 2. The standard InChI is InChI=1S/C28H40O4/c1-15(2)25(29)31-23-9-20(10-23)26(30)32-28(24-11-18-8-19(24)5-16(18)3)21-6-17-7-22(28)14-27(4,12-17)13-21/h16-24H,1,5-14H2,2-4H3. The molecule has 0 radical (unpaired) electrons. The Kier molecular flexibility index (Phi) is 4.70. The molecule has 7 saturated carbocycles. The first-order valence-electron chi connectivity index (χ1n) is 13.3. The molecule has 7 aliphatic carbocycles. The average Bonchev–Trinajstić information content (AvgIpc) is 3.25. The molecule has 32 heavy (non-hydrogen) atoms. The molecule has 7 fully saturated rings. The van der Waals surface area contributed by atoms with E-state index in [9.17, 15) is 9.59 Å². The van der Waals surface area contributed by atoms with Gasteiger partial charge in [0.25, 0.3) is 0 Å². The SMILES string of the molecule is C=C(C)C(=O)OC1CC(C(=O)OC2(C3CC4CC3CC4C)C3CC4CC2CC(C)(C4)C3)C1. The van der Waals surface area contributed by atoms with E-state index in [0.29, 0.717) is 41.6 Å². The van der Waals surface area contributed by atoms with Crippen LogP contribution in [0, 0.1) is 52.8 Å². The molecule has 4 heteroatoms. The van der Waals surface area contributed by atoms with Gasteiger partial charge in [-0.2, -0.15) is 0 Å². The van der Waals surface area contributed by atoms with E-state index < -0.39 is 0 Å². The van der Waals surface area contributed by atoms with Crippen LogP contribution in [0.5, 0.6) is 0 Å². The molecule has 0 spiro atoms. The molecule has 0 amide bonds. The summed E-state index contributed by atoms with van der Waals surface area (Å²) >= 11 is 0. The lowest BCUT2D eigenvalue weighted by Gasteiger charge is -2.66. The maximum absolute atomic E-state index is 13.5. The Labute approximate surface area is 192 Å². The van der Waals surface area contributed by atoms with Gasteiger partial charge >= 0.3 is 11.9 Å². The third-order valence-electron chi connectivity index (χ3n) is 10.9. The molecule has 7 rings (SSSR count). The van der Waals surface area contributed by atoms with Crippen LogP contribution in [-0.4, -0.2) is 23.6 Å². The Bertz CT molecular complexity index is 820. The highest BCUT2D eigenvalue weighted by Crippen LogP contribution is 2.70. The average molecular weight is 441 g/mol. The fraction of sp³-hybridized carbons (Fsp3) is 0.857. The number of fused-ring (bicyclic) bond motifs is 2. The highest BCUT2D eigenvalue weighted by atomic mass is 16.6. The zero-order valence-corrected chi connectivity index (χ0v) is 20.1. The Morgan fingerprint density at radius 3 is 2.12 bits per heavy atom. The predicted octanol–water partition coefficient (Wildman–Crippen LogP) is 5.69. The van der Waals surface area contributed by atoms with Crippen LogP contribution in [0.2, 0.25) is 0 Å². The minimum atomic E-state index is -0.344. The molecule has 0 heterocycles. The van der Waals surface area contributed by atoms with Gasteiger partial charge in [-0.1, -0.05) is 20.4 Å². The second kappa shape index (κ2) is 7.09. The molecule has 0 aromatic rings. The lowest BCUT2D eigenvalue weighted by Crippen LogP contribution is -2.66. The highest BCUT2D eigenvalue weighted by Gasteiger charge is 2.68. The smallest absolute Gasteiger partial charge is 0.333 e. The van der Waals surface area contributed by atoms with Crippen LogP contribution in [0.4, 0.5) is 0 Å². The second-order valence-electron chi connectivity index (χ2n) is 13.2. The quantitative estimate of drug-likeness (QED) is 0.407. The van der Waals surface area contributed by atoms with Crippen molar-refractivity contribution in [2.24, 2.45) is 52.8 Å². The number of hydrogen-bond acceptors (Lipinski definition) is 4.